The van der Waals surface area contributed by atoms with Crippen LogP contribution in [0.3, 0.4) is 0 Å². The molecule has 0 radical (unpaired) electrons. The highest BCUT2D eigenvalue weighted by Crippen LogP contribution is 2.45. The van der Waals surface area contributed by atoms with Gasteiger partial charge in [-0.1, -0.05) is 103 Å². The number of rotatable bonds is 8. The van der Waals surface area contributed by atoms with Gasteiger partial charge in [0.05, 0.1) is 14.2 Å². The van der Waals surface area contributed by atoms with E-state index in [1.54, 1.807) is 32.4 Å². The molecule has 0 aliphatic heterocycles. The summed E-state index contributed by atoms with van der Waals surface area (Å²) in [6, 6.07) is 38.1. The van der Waals surface area contributed by atoms with Crippen molar-refractivity contribution in [2.24, 2.45) is 0 Å². The summed E-state index contributed by atoms with van der Waals surface area (Å²) >= 11 is 0. The van der Waals surface area contributed by atoms with Gasteiger partial charge in [-0.15, -0.1) is 0 Å². The molecule has 0 aliphatic rings. The molecule has 0 bridgehead atoms. The third kappa shape index (κ3) is 5.32. The maximum atomic E-state index is 12.7. The van der Waals surface area contributed by atoms with Crippen molar-refractivity contribution in [2.75, 3.05) is 14.2 Å². The molecule has 5 rings (SSSR count). The van der Waals surface area contributed by atoms with Gasteiger partial charge >= 0.3 is 0 Å². The molecule has 7 heteroatoms. The Morgan fingerprint density at radius 3 is 1.56 bits per heavy atom. The molecule has 39 heavy (non-hydrogen) atoms. The van der Waals surface area contributed by atoms with Crippen LogP contribution < -0.4 is 25.4 Å². The summed E-state index contributed by atoms with van der Waals surface area (Å²) in [4.78, 5) is -0.110. The van der Waals surface area contributed by atoms with Crippen LogP contribution in [-0.4, -0.2) is 27.2 Å². The quantitative estimate of drug-likeness (QED) is 0.187. The number of methoxy groups -OCH3 is 2. The Bertz CT molecular complexity index is 1650. The highest BCUT2D eigenvalue weighted by Gasteiger charge is 2.30. The van der Waals surface area contributed by atoms with E-state index in [1.165, 1.54) is 6.07 Å². The first-order valence-corrected chi connectivity index (χ1v) is 15.0. The highest BCUT2D eigenvalue weighted by atomic mass is 32.2. The van der Waals surface area contributed by atoms with Gasteiger partial charge in [-0.2, -0.15) is 8.42 Å². The largest absolute Gasteiger partial charge is 0.496 e. The normalized spacial score (nSPS) is 12.1. The Morgan fingerprint density at radius 2 is 1.03 bits per heavy atom. The fraction of sp³-hybridized carbons (Fsp3) is 0.0625. The van der Waals surface area contributed by atoms with Gasteiger partial charge in [0.15, 0.2) is 0 Å². The number of hydrogen-bond acceptors (Lipinski definition) is 4. The minimum Gasteiger partial charge on any atom is -0.496 e. The maximum Gasteiger partial charge on any atom is 0.295 e. The predicted octanol–water partition coefficient (Wildman–Crippen LogP) is 6.04. The van der Waals surface area contributed by atoms with Crippen LogP contribution in [0.25, 0.3) is 22.3 Å². The molecule has 0 heterocycles. The highest BCUT2D eigenvalue weighted by molar-refractivity contribution is 7.88. The molecule has 0 spiro atoms. The van der Waals surface area contributed by atoms with Gasteiger partial charge < -0.3 is 9.47 Å². The van der Waals surface area contributed by atoms with Gasteiger partial charge in [0.2, 0.25) is 0 Å². The zero-order valence-electron chi connectivity index (χ0n) is 21.5. The van der Waals surface area contributed by atoms with E-state index in [9.17, 15) is 13.0 Å². The Morgan fingerprint density at radius 1 is 0.564 bits per heavy atom. The molecular formula is C32H27O5PS. The van der Waals surface area contributed by atoms with Crippen LogP contribution in [0.4, 0.5) is 0 Å². The van der Waals surface area contributed by atoms with Crippen LogP contribution in [0.5, 0.6) is 11.5 Å². The Labute approximate surface area is 230 Å². The van der Waals surface area contributed by atoms with Gasteiger partial charge in [-0.25, -0.2) is 0 Å². The lowest BCUT2D eigenvalue weighted by atomic mass is 9.97. The second-order valence-corrected chi connectivity index (χ2v) is 12.2. The zero-order valence-corrected chi connectivity index (χ0v) is 23.2. The van der Waals surface area contributed by atoms with Crippen molar-refractivity contribution in [3.05, 3.63) is 121 Å². The summed E-state index contributed by atoms with van der Waals surface area (Å²) in [5.74, 6) is 1.39. The van der Waals surface area contributed by atoms with Crippen LogP contribution in [0.1, 0.15) is 0 Å². The standard InChI is InChI=1S/C32H27O5PS/c1-36-28-19-8-6-15-24(28)26-17-12-18-27(25-16-7-9-20-29(25)37-2)32(26)38(23-13-4-3-5-14-23)30-21-10-11-22-31(30)39(33,34)35/h3-22H,1-2H3,(H,33,34,35). The summed E-state index contributed by atoms with van der Waals surface area (Å²) in [5, 5.41) is 2.38. The van der Waals surface area contributed by atoms with Crippen molar-refractivity contribution in [3.63, 3.8) is 0 Å². The van der Waals surface area contributed by atoms with E-state index in [2.05, 4.69) is 0 Å². The zero-order chi connectivity index (χ0) is 27.4. The van der Waals surface area contributed by atoms with Gasteiger partial charge in [-0.05, 0) is 42.6 Å². The lowest BCUT2D eigenvalue weighted by molar-refractivity contribution is 0.416. The number of ether oxygens (including phenoxy) is 2. The van der Waals surface area contributed by atoms with Crippen LogP contribution in [0.2, 0.25) is 0 Å². The summed E-state index contributed by atoms with van der Waals surface area (Å²) in [6.45, 7) is 0. The van der Waals surface area contributed by atoms with Gasteiger partial charge in [0, 0.05) is 21.7 Å². The molecule has 196 valence electrons. The molecule has 1 N–H and O–H groups in total. The molecule has 5 aromatic rings. The molecule has 0 amide bonds. The summed E-state index contributed by atoms with van der Waals surface area (Å²) < 4.78 is 47.1. The molecule has 1 atom stereocenters. The fourth-order valence-corrected chi connectivity index (χ4v) is 8.63. The molecule has 1 unspecified atom stereocenters. The van der Waals surface area contributed by atoms with Gasteiger partial charge in [0.1, 0.15) is 16.4 Å². The summed E-state index contributed by atoms with van der Waals surface area (Å²) in [5.41, 5.74) is 3.55. The molecule has 0 saturated carbocycles. The fourth-order valence-electron chi connectivity index (χ4n) is 4.78. The first-order chi connectivity index (χ1) is 18.9. The van der Waals surface area contributed by atoms with Gasteiger partial charge in [0.25, 0.3) is 10.1 Å². The lowest BCUT2D eigenvalue weighted by Crippen LogP contribution is -2.27. The van der Waals surface area contributed by atoms with Crippen molar-refractivity contribution < 1.29 is 22.4 Å². The van der Waals surface area contributed by atoms with E-state index in [1.807, 2.05) is 97.1 Å². The Hall–Kier alpha value is -3.96. The van der Waals surface area contributed by atoms with E-state index in [-0.39, 0.29) is 4.90 Å². The SMILES string of the molecule is COc1ccccc1-c1cccc(-c2ccccc2OC)c1P(c1ccccc1)c1ccccc1S(=O)(=O)O. The number of benzene rings is 5. The maximum absolute atomic E-state index is 12.7. The molecule has 0 aliphatic carbocycles. The topological polar surface area (TPSA) is 72.8 Å². The third-order valence-electron chi connectivity index (χ3n) is 6.45. The van der Waals surface area contributed by atoms with Crippen molar-refractivity contribution in [1.29, 1.82) is 0 Å². The van der Waals surface area contributed by atoms with Crippen LogP contribution in [0, 0.1) is 0 Å². The minimum atomic E-state index is -4.51. The van der Waals surface area contributed by atoms with E-state index in [0.717, 1.165) is 32.9 Å². The second kappa shape index (κ2) is 11.4. The lowest BCUT2D eigenvalue weighted by Gasteiger charge is -2.27. The monoisotopic (exact) mass is 554 g/mol. The summed E-state index contributed by atoms with van der Waals surface area (Å²) in [6.07, 6.45) is 0. The van der Waals surface area contributed by atoms with Crippen LogP contribution >= 0.6 is 7.92 Å². The smallest absolute Gasteiger partial charge is 0.295 e. The first-order valence-electron chi connectivity index (χ1n) is 12.3. The average molecular weight is 555 g/mol. The van der Waals surface area contributed by atoms with Crippen molar-refractivity contribution in [3.8, 4) is 33.8 Å². The number of hydrogen-bond donors (Lipinski definition) is 1. The molecule has 5 aromatic carbocycles. The van der Waals surface area contributed by atoms with E-state index in [4.69, 9.17) is 9.47 Å². The van der Waals surface area contributed by atoms with E-state index >= 15 is 0 Å². The summed E-state index contributed by atoms with van der Waals surface area (Å²) in [7, 11) is -2.74. The van der Waals surface area contributed by atoms with Gasteiger partial charge in [-0.3, -0.25) is 4.55 Å². The molecule has 0 aromatic heterocycles. The number of para-hydroxylation sites is 2. The molecule has 0 fully saturated rings. The van der Waals surface area contributed by atoms with E-state index < -0.39 is 18.0 Å². The van der Waals surface area contributed by atoms with Crippen molar-refractivity contribution in [2.45, 2.75) is 4.90 Å². The van der Waals surface area contributed by atoms with Crippen molar-refractivity contribution >= 4 is 34.0 Å². The third-order valence-corrected chi connectivity index (χ3v) is 10.1. The van der Waals surface area contributed by atoms with E-state index in [0.29, 0.717) is 16.8 Å². The molecular weight excluding hydrogens is 527 g/mol. The Balaban J connectivity index is 1.96. The molecule has 0 saturated heterocycles. The minimum absolute atomic E-state index is 0.110. The Kier molecular flexibility index (Phi) is 7.80. The van der Waals surface area contributed by atoms with Crippen molar-refractivity contribution in [1.82, 2.24) is 0 Å². The first kappa shape index (κ1) is 26.6. The van der Waals surface area contributed by atoms with Crippen LogP contribution in [0.15, 0.2) is 126 Å². The predicted molar refractivity (Wildman–Crippen MR) is 159 cm³/mol. The average Bonchev–Trinajstić information content (AvgIpc) is 2.97. The molecule has 5 nitrogen and oxygen atoms in total. The van der Waals surface area contributed by atoms with Crippen LogP contribution in [-0.2, 0) is 10.1 Å². The second-order valence-electron chi connectivity index (χ2n) is 8.72.